The van der Waals surface area contributed by atoms with Crippen LogP contribution in [-0.2, 0) is 6.42 Å². The van der Waals surface area contributed by atoms with E-state index in [0.29, 0.717) is 6.04 Å². The van der Waals surface area contributed by atoms with E-state index in [2.05, 4.69) is 36.1 Å². The number of likely N-dealkylation sites (tertiary alicyclic amines) is 1. The highest BCUT2D eigenvalue weighted by Gasteiger charge is 2.20. The molecule has 100 valence electrons. The van der Waals surface area contributed by atoms with Crippen molar-refractivity contribution in [1.82, 2.24) is 4.90 Å². The van der Waals surface area contributed by atoms with Gasteiger partial charge in [-0.1, -0.05) is 44.0 Å². The normalized spacial score (nSPS) is 18.8. The molecule has 1 aromatic rings. The molecule has 1 saturated heterocycles. The average molecular weight is 246 g/mol. The van der Waals surface area contributed by atoms with Crippen molar-refractivity contribution in [3.05, 3.63) is 35.4 Å². The molecule has 0 spiro atoms. The Bertz CT molecular complexity index is 339. The molecular weight excluding hydrogens is 220 g/mol. The van der Waals surface area contributed by atoms with E-state index in [1.54, 1.807) is 0 Å². The number of hydrogen-bond donors (Lipinski definition) is 1. The smallest absolute Gasteiger partial charge is 0.0470 e. The van der Waals surface area contributed by atoms with Crippen molar-refractivity contribution in [2.24, 2.45) is 5.73 Å². The highest BCUT2D eigenvalue weighted by Crippen LogP contribution is 2.24. The minimum absolute atomic E-state index is 0.418. The van der Waals surface area contributed by atoms with Gasteiger partial charge < -0.3 is 5.73 Å². The number of piperidine rings is 1. The van der Waals surface area contributed by atoms with Gasteiger partial charge in [0.05, 0.1) is 0 Å². The fraction of sp³-hybridized carbons (Fsp3) is 0.625. The SMILES string of the molecule is CCCc1ccc(C(CN)N2CCCCC2)cc1. The van der Waals surface area contributed by atoms with Gasteiger partial charge in [-0.15, -0.1) is 0 Å². The summed E-state index contributed by atoms with van der Waals surface area (Å²) in [6.45, 7) is 5.37. The van der Waals surface area contributed by atoms with Crippen molar-refractivity contribution < 1.29 is 0 Å². The zero-order chi connectivity index (χ0) is 12.8. The Morgan fingerprint density at radius 3 is 2.33 bits per heavy atom. The molecular formula is C16H26N2. The summed E-state index contributed by atoms with van der Waals surface area (Å²) in [6, 6.07) is 9.51. The van der Waals surface area contributed by atoms with Crippen molar-refractivity contribution in [1.29, 1.82) is 0 Å². The lowest BCUT2D eigenvalue weighted by molar-refractivity contribution is 0.167. The Kier molecular flexibility index (Phi) is 5.21. The Balaban J connectivity index is 2.06. The molecule has 1 unspecified atom stereocenters. The third-order valence-corrected chi connectivity index (χ3v) is 3.96. The van der Waals surface area contributed by atoms with Gasteiger partial charge in [-0.25, -0.2) is 0 Å². The second kappa shape index (κ2) is 6.91. The standard InChI is InChI=1S/C16H26N2/c1-2-6-14-7-9-15(10-8-14)16(13-17)18-11-4-3-5-12-18/h7-10,16H,2-6,11-13,17H2,1H3. The molecule has 2 heteroatoms. The topological polar surface area (TPSA) is 29.3 Å². The fourth-order valence-corrected chi connectivity index (χ4v) is 2.92. The minimum atomic E-state index is 0.418. The number of rotatable bonds is 5. The van der Waals surface area contributed by atoms with E-state index in [0.717, 1.165) is 6.54 Å². The summed E-state index contributed by atoms with van der Waals surface area (Å²) in [5.74, 6) is 0. The third-order valence-electron chi connectivity index (χ3n) is 3.96. The van der Waals surface area contributed by atoms with Gasteiger partial charge >= 0.3 is 0 Å². The van der Waals surface area contributed by atoms with Crippen LogP contribution >= 0.6 is 0 Å². The summed E-state index contributed by atoms with van der Waals surface area (Å²) >= 11 is 0. The van der Waals surface area contributed by atoms with Crippen LogP contribution in [0.5, 0.6) is 0 Å². The molecule has 0 saturated carbocycles. The first-order valence-corrected chi connectivity index (χ1v) is 7.38. The Morgan fingerprint density at radius 1 is 1.11 bits per heavy atom. The second-order valence-corrected chi connectivity index (χ2v) is 5.34. The average Bonchev–Trinajstić information content (AvgIpc) is 2.43. The molecule has 2 N–H and O–H groups in total. The first-order chi connectivity index (χ1) is 8.85. The van der Waals surface area contributed by atoms with Crippen LogP contribution in [0.2, 0.25) is 0 Å². The van der Waals surface area contributed by atoms with Crippen LogP contribution in [0.15, 0.2) is 24.3 Å². The Morgan fingerprint density at radius 2 is 1.78 bits per heavy atom. The summed E-state index contributed by atoms with van der Waals surface area (Å²) in [5, 5.41) is 0. The summed E-state index contributed by atoms with van der Waals surface area (Å²) in [7, 11) is 0. The van der Waals surface area contributed by atoms with Gasteiger partial charge in [-0.3, -0.25) is 4.90 Å². The minimum Gasteiger partial charge on any atom is -0.329 e. The maximum Gasteiger partial charge on any atom is 0.0470 e. The first-order valence-electron chi connectivity index (χ1n) is 7.38. The lowest BCUT2D eigenvalue weighted by Crippen LogP contribution is -2.37. The molecule has 1 heterocycles. The molecule has 0 bridgehead atoms. The molecule has 1 aliphatic rings. The lowest BCUT2D eigenvalue weighted by Gasteiger charge is -2.34. The first kappa shape index (κ1) is 13.6. The number of benzene rings is 1. The molecule has 1 aliphatic heterocycles. The lowest BCUT2D eigenvalue weighted by atomic mass is 9.99. The number of nitrogens with zero attached hydrogens (tertiary/aromatic N) is 1. The second-order valence-electron chi connectivity index (χ2n) is 5.34. The quantitative estimate of drug-likeness (QED) is 0.865. The number of aryl methyl sites for hydroxylation is 1. The van der Waals surface area contributed by atoms with E-state index in [-0.39, 0.29) is 0 Å². The van der Waals surface area contributed by atoms with Gasteiger partial charge in [0, 0.05) is 12.6 Å². The van der Waals surface area contributed by atoms with Crippen LogP contribution in [0, 0.1) is 0 Å². The predicted molar refractivity (Wildman–Crippen MR) is 77.7 cm³/mol. The molecule has 2 nitrogen and oxygen atoms in total. The van der Waals surface area contributed by atoms with Gasteiger partial charge in [0.25, 0.3) is 0 Å². The monoisotopic (exact) mass is 246 g/mol. The Labute approximate surface area is 111 Å². The zero-order valence-corrected chi connectivity index (χ0v) is 11.6. The van der Waals surface area contributed by atoms with E-state index >= 15 is 0 Å². The van der Waals surface area contributed by atoms with Crippen LogP contribution in [0.3, 0.4) is 0 Å². The van der Waals surface area contributed by atoms with E-state index in [1.165, 1.54) is 56.3 Å². The van der Waals surface area contributed by atoms with Gasteiger partial charge in [0.15, 0.2) is 0 Å². The van der Waals surface area contributed by atoms with Crippen molar-refractivity contribution in [2.45, 2.75) is 45.1 Å². The van der Waals surface area contributed by atoms with Crippen molar-refractivity contribution >= 4 is 0 Å². The highest BCUT2D eigenvalue weighted by molar-refractivity contribution is 5.25. The number of nitrogens with two attached hydrogens (primary N) is 1. The molecule has 0 aromatic heterocycles. The molecule has 1 aromatic carbocycles. The molecule has 0 amide bonds. The maximum atomic E-state index is 5.99. The highest BCUT2D eigenvalue weighted by atomic mass is 15.2. The molecule has 0 radical (unpaired) electrons. The van der Waals surface area contributed by atoms with Crippen LogP contribution in [-0.4, -0.2) is 24.5 Å². The molecule has 18 heavy (non-hydrogen) atoms. The summed E-state index contributed by atoms with van der Waals surface area (Å²) in [4.78, 5) is 2.55. The molecule has 1 atom stereocenters. The van der Waals surface area contributed by atoms with Crippen LogP contribution in [0.4, 0.5) is 0 Å². The van der Waals surface area contributed by atoms with E-state index in [1.807, 2.05) is 0 Å². The van der Waals surface area contributed by atoms with Gasteiger partial charge in [-0.05, 0) is 43.5 Å². The largest absolute Gasteiger partial charge is 0.329 e. The summed E-state index contributed by atoms with van der Waals surface area (Å²) < 4.78 is 0. The molecule has 0 aliphatic carbocycles. The van der Waals surface area contributed by atoms with Gasteiger partial charge in [0.2, 0.25) is 0 Å². The molecule has 2 rings (SSSR count). The summed E-state index contributed by atoms with van der Waals surface area (Å²) in [6.07, 6.45) is 6.42. The van der Waals surface area contributed by atoms with Crippen LogP contribution < -0.4 is 5.73 Å². The van der Waals surface area contributed by atoms with Gasteiger partial charge in [0.1, 0.15) is 0 Å². The molecule has 1 fully saturated rings. The Hall–Kier alpha value is -0.860. The fourth-order valence-electron chi connectivity index (χ4n) is 2.92. The van der Waals surface area contributed by atoms with Crippen LogP contribution in [0.25, 0.3) is 0 Å². The summed E-state index contributed by atoms with van der Waals surface area (Å²) in [5.41, 5.74) is 8.82. The number of hydrogen-bond acceptors (Lipinski definition) is 2. The van der Waals surface area contributed by atoms with Crippen molar-refractivity contribution in [3.63, 3.8) is 0 Å². The van der Waals surface area contributed by atoms with Gasteiger partial charge in [-0.2, -0.15) is 0 Å². The maximum absolute atomic E-state index is 5.99. The zero-order valence-electron chi connectivity index (χ0n) is 11.6. The van der Waals surface area contributed by atoms with Crippen molar-refractivity contribution in [3.8, 4) is 0 Å². The van der Waals surface area contributed by atoms with Crippen molar-refractivity contribution in [2.75, 3.05) is 19.6 Å². The third kappa shape index (κ3) is 3.33. The van der Waals surface area contributed by atoms with Crippen LogP contribution in [0.1, 0.15) is 49.8 Å². The predicted octanol–water partition coefficient (Wildman–Crippen LogP) is 3.12. The van der Waals surface area contributed by atoms with E-state index in [9.17, 15) is 0 Å². The van der Waals surface area contributed by atoms with E-state index < -0.39 is 0 Å². The van der Waals surface area contributed by atoms with E-state index in [4.69, 9.17) is 5.73 Å².